The lowest BCUT2D eigenvalue weighted by molar-refractivity contribution is -0.137. The highest BCUT2D eigenvalue weighted by Crippen LogP contribution is 2.17. The predicted molar refractivity (Wildman–Crippen MR) is 65.6 cm³/mol. The van der Waals surface area contributed by atoms with E-state index in [0.29, 0.717) is 23.3 Å². The third-order valence-electron chi connectivity index (χ3n) is 1.66. The van der Waals surface area contributed by atoms with Gasteiger partial charge in [0.2, 0.25) is 10.3 Å². The molecule has 0 aliphatic heterocycles. The van der Waals surface area contributed by atoms with Crippen molar-refractivity contribution in [2.75, 3.05) is 18.1 Å². The maximum Gasteiger partial charge on any atom is 0.321 e. The smallest absolute Gasteiger partial charge is 0.321 e. The Hall–Kier alpha value is -1.35. The van der Waals surface area contributed by atoms with E-state index in [1.807, 2.05) is 6.26 Å². The SMILES string of the molecule is CSc1nsc(NC(=O)NCCCC(=O)O)n1. The summed E-state index contributed by atoms with van der Waals surface area (Å²) in [5.41, 5.74) is 0. The molecule has 2 amide bonds. The van der Waals surface area contributed by atoms with Gasteiger partial charge in [0.1, 0.15) is 0 Å². The number of hydrogen-bond acceptors (Lipinski definition) is 6. The molecule has 1 rings (SSSR count). The van der Waals surface area contributed by atoms with Crippen LogP contribution in [0.5, 0.6) is 0 Å². The van der Waals surface area contributed by atoms with E-state index < -0.39 is 12.0 Å². The number of anilines is 1. The lowest BCUT2D eigenvalue weighted by atomic mass is 10.3. The van der Waals surface area contributed by atoms with Crippen LogP contribution in [-0.2, 0) is 4.79 Å². The number of nitrogens with one attached hydrogen (secondary N) is 2. The maximum absolute atomic E-state index is 11.3. The van der Waals surface area contributed by atoms with Crippen LogP contribution in [0.2, 0.25) is 0 Å². The van der Waals surface area contributed by atoms with Gasteiger partial charge in [0.25, 0.3) is 0 Å². The summed E-state index contributed by atoms with van der Waals surface area (Å²) in [5, 5.41) is 14.5. The van der Waals surface area contributed by atoms with E-state index in [-0.39, 0.29) is 6.42 Å². The van der Waals surface area contributed by atoms with Crippen molar-refractivity contribution in [3.8, 4) is 0 Å². The minimum atomic E-state index is -0.874. The molecule has 7 nitrogen and oxygen atoms in total. The molecule has 1 heterocycles. The fourth-order valence-corrected chi connectivity index (χ4v) is 2.05. The molecule has 0 fully saturated rings. The summed E-state index contributed by atoms with van der Waals surface area (Å²) in [7, 11) is 0. The first kappa shape index (κ1) is 13.7. The zero-order valence-electron chi connectivity index (χ0n) is 9.10. The van der Waals surface area contributed by atoms with E-state index in [1.54, 1.807) is 0 Å². The molecule has 1 aromatic heterocycles. The van der Waals surface area contributed by atoms with Gasteiger partial charge in [-0.25, -0.2) is 4.79 Å². The third-order valence-corrected chi connectivity index (χ3v) is 2.96. The number of urea groups is 1. The molecule has 0 spiro atoms. The Labute approximate surface area is 106 Å². The average molecular weight is 276 g/mol. The quantitative estimate of drug-likeness (QED) is 0.533. The number of carboxylic acids is 1. The van der Waals surface area contributed by atoms with Crippen molar-refractivity contribution in [3.63, 3.8) is 0 Å². The molecular formula is C8H12N4O3S2. The Morgan fingerprint density at radius 1 is 1.53 bits per heavy atom. The number of aromatic nitrogens is 2. The van der Waals surface area contributed by atoms with Crippen molar-refractivity contribution < 1.29 is 14.7 Å². The summed E-state index contributed by atoms with van der Waals surface area (Å²) in [6.07, 6.45) is 2.28. The first-order valence-corrected chi connectivity index (χ1v) is 6.76. The number of carbonyl (C=O) groups is 2. The Morgan fingerprint density at radius 2 is 2.29 bits per heavy atom. The summed E-state index contributed by atoms with van der Waals surface area (Å²) in [6, 6.07) is -0.404. The van der Waals surface area contributed by atoms with E-state index >= 15 is 0 Å². The summed E-state index contributed by atoms with van der Waals surface area (Å²) in [6.45, 7) is 0.312. The highest BCUT2D eigenvalue weighted by atomic mass is 32.2. The van der Waals surface area contributed by atoms with Gasteiger partial charge in [0.05, 0.1) is 0 Å². The molecule has 94 valence electrons. The number of carbonyl (C=O) groups excluding carboxylic acids is 1. The number of nitrogens with zero attached hydrogens (tertiary/aromatic N) is 2. The molecule has 9 heteroatoms. The number of aliphatic carboxylic acids is 1. The Balaban J connectivity index is 2.22. The van der Waals surface area contributed by atoms with Crippen molar-refractivity contribution >= 4 is 40.4 Å². The fraction of sp³-hybridized carbons (Fsp3) is 0.500. The number of rotatable bonds is 6. The van der Waals surface area contributed by atoms with Crippen LogP contribution in [0.3, 0.4) is 0 Å². The Bertz CT molecular complexity index is 396. The Morgan fingerprint density at radius 3 is 2.88 bits per heavy atom. The number of hydrogen-bond donors (Lipinski definition) is 3. The highest BCUT2D eigenvalue weighted by Gasteiger charge is 2.06. The fourth-order valence-electron chi connectivity index (χ4n) is 0.927. The monoisotopic (exact) mass is 276 g/mol. The first-order valence-electron chi connectivity index (χ1n) is 4.76. The van der Waals surface area contributed by atoms with E-state index in [1.165, 1.54) is 11.8 Å². The minimum absolute atomic E-state index is 0.0374. The molecule has 3 N–H and O–H groups in total. The van der Waals surface area contributed by atoms with Crippen LogP contribution < -0.4 is 10.6 Å². The minimum Gasteiger partial charge on any atom is -0.481 e. The average Bonchev–Trinajstić information content (AvgIpc) is 2.72. The van der Waals surface area contributed by atoms with Gasteiger partial charge < -0.3 is 10.4 Å². The normalized spacial score (nSPS) is 9.94. The molecule has 0 saturated carbocycles. The van der Waals surface area contributed by atoms with E-state index in [0.717, 1.165) is 11.5 Å². The van der Waals surface area contributed by atoms with Crippen LogP contribution in [0, 0.1) is 0 Å². The molecule has 0 saturated heterocycles. The van der Waals surface area contributed by atoms with Gasteiger partial charge in [0.15, 0.2) is 0 Å². The molecular weight excluding hydrogens is 264 g/mol. The lowest BCUT2D eigenvalue weighted by Crippen LogP contribution is -2.29. The van der Waals surface area contributed by atoms with Gasteiger partial charge in [-0.05, 0) is 12.7 Å². The third kappa shape index (κ3) is 5.50. The van der Waals surface area contributed by atoms with Gasteiger partial charge in [-0.15, -0.1) is 0 Å². The second-order valence-corrected chi connectivity index (χ2v) is 4.49. The number of thioether (sulfide) groups is 1. The molecule has 0 radical (unpaired) electrons. The summed E-state index contributed by atoms with van der Waals surface area (Å²) < 4.78 is 3.98. The molecule has 1 aromatic rings. The Kier molecular flexibility index (Phi) is 5.70. The van der Waals surface area contributed by atoms with Crippen molar-refractivity contribution in [3.05, 3.63) is 0 Å². The van der Waals surface area contributed by atoms with Gasteiger partial charge in [-0.3, -0.25) is 10.1 Å². The summed E-state index contributed by atoms with van der Waals surface area (Å²) >= 11 is 2.49. The first-order chi connectivity index (χ1) is 8.11. The number of carboxylic acid groups (broad SMARTS) is 1. The standard InChI is InChI=1S/C8H12N4O3S2/c1-16-8-11-7(17-12-8)10-6(15)9-4-2-3-5(13)14/h2-4H2,1H3,(H,13,14)(H2,9,10,11,12,15). The predicted octanol–water partition coefficient (Wildman–Crippen LogP) is 1.25. The van der Waals surface area contributed by atoms with E-state index in [9.17, 15) is 9.59 Å². The topological polar surface area (TPSA) is 104 Å². The highest BCUT2D eigenvalue weighted by molar-refractivity contribution is 7.98. The van der Waals surface area contributed by atoms with Crippen LogP contribution in [0.1, 0.15) is 12.8 Å². The lowest BCUT2D eigenvalue weighted by Gasteiger charge is -2.03. The summed E-state index contributed by atoms with van der Waals surface area (Å²) in [5.74, 6) is -0.874. The molecule has 0 atom stereocenters. The van der Waals surface area contributed by atoms with Gasteiger partial charge in [-0.2, -0.15) is 9.36 Å². The molecule has 0 aliphatic rings. The summed E-state index contributed by atoms with van der Waals surface area (Å²) in [4.78, 5) is 25.6. The molecule has 0 aromatic carbocycles. The van der Waals surface area contributed by atoms with Crippen molar-refractivity contribution in [2.24, 2.45) is 0 Å². The van der Waals surface area contributed by atoms with Crippen molar-refractivity contribution in [1.82, 2.24) is 14.7 Å². The van der Waals surface area contributed by atoms with Crippen LogP contribution in [-0.4, -0.2) is 39.3 Å². The van der Waals surface area contributed by atoms with Crippen LogP contribution in [0.25, 0.3) is 0 Å². The second-order valence-electron chi connectivity index (χ2n) is 2.96. The largest absolute Gasteiger partial charge is 0.481 e. The van der Waals surface area contributed by atoms with Gasteiger partial charge in [-0.1, -0.05) is 11.8 Å². The van der Waals surface area contributed by atoms with Crippen LogP contribution in [0.15, 0.2) is 5.16 Å². The van der Waals surface area contributed by atoms with Gasteiger partial charge in [0, 0.05) is 24.5 Å². The molecule has 17 heavy (non-hydrogen) atoms. The van der Waals surface area contributed by atoms with Crippen LogP contribution in [0.4, 0.5) is 9.93 Å². The van der Waals surface area contributed by atoms with E-state index in [2.05, 4.69) is 20.0 Å². The molecule has 0 bridgehead atoms. The van der Waals surface area contributed by atoms with Crippen molar-refractivity contribution in [2.45, 2.75) is 18.0 Å². The van der Waals surface area contributed by atoms with Gasteiger partial charge >= 0.3 is 12.0 Å². The molecule has 0 aliphatic carbocycles. The number of amides is 2. The maximum atomic E-state index is 11.3. The zero-order chi connectivity index (χ0) is 12.7. The van der Waals surface area contributed by atoms with Crippen LogP contribution >= 0.6 is 23.3 Å². The zero-order valence-corrected chi connectivity index (χ0v) is 10.7. The molecule has 0 unspecified atom stereocenters. The van der Waals surface area contributed by atoms with E-state index in [4.69, 9.17) is 5.11 Å². The second kappa shape index (κ2) is 7.07. The van der Waals surface area contributed by atoms with Crippen molar-refractivity contribution in [1.29, 1.82) is 0 Å².